The number of benzene rings is 1. The zero-order chi connectivity index (χ0) is 19.0. The van der Waals surface area contributed by atoms with Gasteiger partial charge in [-0.3, -0.25) is 0 Å². The summed E-state index contributed by atoms with van der Waals surface area (Å²) in [6.45, 7) is 8.45. The van der Waals surface area contributed by atoms with E-state index in [0.29, 0.717) is 18.3 Å². The summed E-state index contributed by atoms with van der Waals surface area (Å²) in [5.41, 5.74) is 4.05. The van der Waals surface area contributed by atoms with E-state index in [-0.39, 0.29) is 0 Å². The largest absolute Gasteiger partial charge is 0.580 e. The van der Waals surface area contributed by atoms with Crippen LogP contribution in [0, 0.1) is 0 Å². The number of aromatic amines is 1. The van der Waals surface area contributed by atoms with Crippen molar-refractivity contribution in [2.45, 2.75) is 64.1 Å². The highest BCUT2D eigenvalue weighted by Gasteiger charge is 2.45. The molecular weight excluding hydrogens is 341 g/mol. The van der Waals surface area contributed by atoms with Crippen LogP contribution in [-0.4, -0.2) is 24.8 Å². The summed E-state index contributed by atoms with van der Waals surface area (Å²) in [4.78, 5) is 13.4. The minimum absolute atomic E-state index is 0.416. The second-order valence-corrected chi connectivity index (χ2v) is 8.10. The summed E-state index contributed by atoms with van der Waals surface area (Å²) in [7, 11) is 1.09. The molecule has 6 heteroatoms. The van der Waals surface area contributed by atoms with Crippen molar-refractivity contribution in [3.63, 3.8) is 0 Å². The highest BCUT2D eigenvalue weighted by molar-refractivity contribution is 6.62. The van der Waals surface area contributed by atoms with Crippen LogP contribution in [0.25, 0.3) is 10.9 Å². The van der Waals surface area contributed by atoms with Crippen LogP contribution in [0.15, 0.2) is 30.5 Å². The van der Waals surface area contributed by atoms with Gasteiger partial charge in [-0.1, -0.05) is 38.0 Å². The van der Waals surface area contributed by atoms with Crippen molar-refractivity contribution in [3.8, 4) is 0 Å². The molecule has 0 atom stereocenters. The van der Waals surface area contributed by atoms with E-state index in [1.54, 1.807) is 0 Å². The minimum atomic E-state index is -0.483. The Kier molecular flexibility index (Phi) is 5.06. The summed E-state index contributed by atoms with van der Waals surface area (Å²) >= 11 is 0. The van der Waals surface area contributed by atoms with Crippen LogP contribution < -0.4 is 5.59 Å². The smallest absolute Gasteiger partial charge is 0.533 e. The second kappa shape index (κ2) is 7.34. The van der Waals surface area contributed by atoms with Gasteiger partial charge in [-0.2, -0.15) is 0 Å². The number of fused-ring (bicyclic) bond motifs is 1. The maximum atomic E-state index is 6.21. The van der Waals surface area contributed by atoms with Gasteiger partial charge in [-0.05, 0) is 49.8 Å². The molecule has 4 rings (SSSR count). The van der Waals surface area contributed by atoms with Crippen LogP contribution in [0.5, 0.6) is 0 Å². The molecule has 1 aliphatic carbocycles. The van der Waals surface area contributed by atoms with Gasteiger partial charge in [0, 0.05) is 10.9 Å². The molecule has 5 nitrogen and oxygen atoms in total. The molecule has 1 saturated heterocycles. The molecule has 0 radical (unpaired) electrons. The Bertz CT molecular complexity index is 838. The third-order valence-electron chi connectivity index (χ3n) is 5.85. The van der Waals surface area contributed by atoms with Crippen LogP contribution >= 0.6 is 0 Å². The molecule has 27 heavy (non-hydrogen) atoms. The first-order valence-electron chi connectivity index (χ1n) is 9.83. The lowest BCUT2D eigenvalue weighted by atomic mass is 9.74. The molecular formula is C21H28BNO4. The Morgan fingerprint density at radius 2 is 2.04 bits per heavy atom. The van der Waals surface area contributed by atoms with E-state index in [4.69, 9.17) is 19.1 Å². The Morgan fingerprint density at radius 3 is 2.70 bits per heavy atom. The topological polar surface area (TPSA) is 52.7 Å². The number of hydrogen-bond donors (Lipinski definition) is 1. The summed E-state index contributed by atoms with van der Waals surface area (Å²) < 4.78 is 12.2. The molecule has 0 unspecified atom stereocenters. The fourth-order valence-corrected chi connectivity index (χ4v) is 4.27. The van der Waals surface area contributed by atoms with E-state index < -0.39 is 12.7 Å². The molecule has 1 N–H and O–H groups in total. The van der Waals surface area contributed by atoms with E-state index in [2.05, 4.69) is 29.8 Å². The van der Waals surface area contributed by atoms with Crippen LogP contribution in [-0.2, 0) is 25.7 Å². The van der Waals surface area contributed by atoms with Crippen molar-refractivity contribution in [1.82, 2.24) is 4.98 Å². The molecule has 2 fully saturated rings. The Hall–Kier alpha value is -1.76. The van der Waals surface area contributed by atoms with Gasteiger partial charge in [0.1, 0.15) is 12.2 Å². The highest BCUT2D eigenvalue weighted by atomic mass is 17.2. The average Bonchev–Trinajstić information content (AvgIpc) is 3.17. The van der Waals surface area contributed by atoms with Crippen molar-refractivity contribution in [1.29, 1.82) is 0 Å². The molecule has 1 aromatic heterocycles. The van der Waals surface area contributed by atoms with Gasteiger partial charge in [-0.25, -0.2) is 9.78 Å². The van der Waals surface area contributed by atoms with Gasteiger partial charge in [-0.15, -0.1) is 0 Å². The number of nitrogens with one attached hydrogen (secondary N) is 1. The fourth-order valence-electron chi connectivity index (χ4n) is 4.27. The minimum Gasteiger partial charge on any atom is -0.533 e. The molecule has 2 heterocycles. The Labute approximate surface area is 161 Å². The molecule has 2 aromatic rings. The van der Waals surface area contributed by atoms with Gasteiger partial charge < -0.3 is 14.3 Å². The molecule has 144 valence electrons. The monoisotopic (exact) mass is 369 g/mol. The first-order chi connectivity index (χ1) is 13.0. The van der Waals surface area contributed by atoms with Crippen molar-refractivity contribution in [2.24, 2.45) is 0 Å². The number of hydrogen-bond acceptors (Lipinski definition) is 4. The number of aromatic nitrogens is 1. The molecule has 0 spiro atoms. The lowest BCUT2D eigenvalue weighted by Crippen LogP contribution is -2.38. The zero-order valence-corrected chi connectivity index (χ0v) is 16.5. The molecule has 0 bridgehead atoms. The first-order valence-corrected chi connectivity index (χ1v) is 9.83. The molecule has 1 aromatic carbocycles. The SMILES string of the molecule is C=C1OB(c2[nH]c3cc(COOC)ccc3c2C2CCCCC2)OC1(C)C. The van der Waals surface area contributed by atoms with Crippen LogP contribution in [0.1, 0.15) is 63.0 Å². The lowest BCUT2D eigenvalue weighted by molar-refractivity contribution is -0.282. The molecule has 1 saturated carbocycles. The Balaban J connectivity index is 1.77. The van der Waals surface area contributed by atoms with E-state index in [1.807, 2.05) is 13.8 Å². The second-order valence-electron chi connectivity index (χ2n) is 8.10. The number of rotatable bonds is 5. The third-order valence-corrected chi connectivity index (χ3v) is 5.85. The van der Waals surface area contributed by atoms with E-state index in [1.165, 1.54) is 50.2 Å². The summed E-state index contributed by atoms with van der Waals surface area (Å²) in [5.74, 6) is 1.21. The molecule has 2 aliphatic rings. The maximum absolute atomic E-state index is 6.21. The third kappa shape index (κ3) is 3.54. The van der Waals surface area contributed by atoms with E-state index in [0.717, 1.165) is 16.7 Å². The maximum Gasteiger partial charge on any atom is 0.580 e. The van der Waals surface area contributed by atoms with Crippen LogP contribution in [0.3, 0.4) is 0 Å². The molecule has 0 amide bonds. The molecule has 1 aliphatic heterocycles. The van der Waals surface area contributed by atoms with Crippen LogP contribution in [0.4, 0.5) is 0 Å². The fraction of sp³-hybridized carbons (Fsp3) is 0.524. The summed E-state index contributed by atoms with van der Waals surface area (Å²) in [6.07, 6.45) is 6.31. The zero-order valence-electron chi connectivity index (χ0n) is 16.5. The predicted molar refractivity (Wildman–Crippen MR) is 107 cm³/mol. The summed E-state index contributed by atoms with van der Waals surface area (Å²) in [5, 5.41) is 1.25. The Morgan fingerprint density at radius 1 is 1.26 bits per heavy atom. The lowest BCUT2D eigenvalue weighted by Gasteiger charge is -2.23. The van der Waals surface area contributed by atoms with Crippen molar-refractivity contribution in [2.75, 3.05) is 7.11 Å². The standard InChI is InChI=1S/C21H28BNO4/c1-14-21(2,3)27-22(26-14)20-19(16-8-6-5-7-9-16)17-11-10-15(13-25-24-4)12-18(17)23-20/h10-12,16,23H,1,5-9,13H2,2-4H3. The quantitative estimate of drug-likeness (QED) is 0.484. The van der Waals surface area contributed by atoms with Crippen LogP contribution in [0.2, 0.25) is 0 Å². The van der Waals surface area contributed by atoms with Gasteiger partial charge in [0.05, 0.1) is 18.5 Å². The van der Waals surface area contributed by atoms with Gasteiger partial charge in [0.25, 0.3) is 0 Å². The van der Waals surface area contributed by atoms with E-state index >= 15 is 0 Å². The van der Waals surface area contributed by atoms with E-state index in [9.17, 15) is 0 Å². The van der Waals surface area contributed by atoms with Crippen molar-refractivity contribution in [3.05, 3.63) is 41.7 Å². The number of H-pyrrole nitrogens is 1. The van der Waals surface area contributed by atoms with Crippen molar-refractivity contribution < 1.29 is 19.1 Å². The van der Waals surface area contributed by atoms with Gasteiger partial charge in [0.15, 0.2) is 0 Å². The van der Waals surface area contributed by atoms with Gasteiger partial charge in [0.2, 0.25) is 0 Å². The summed E-state index contributed by atoms with van der Waals surface area (Å²) in [6, 6.07) is 6.41. The highest BCUT2D eigenvalue weighted by Crippen LogP contribution is 2.38. The van der Waals surface area contributed by atoms with Gasteiger partial charge >= 0.3 is 7.12 Å². The predicted octanol–water partition coefficient (Wildman–Crippen LogP) is 4.33. The normalized spacial score (nSPS) is 20.4. The first kappa shape index (κ1) is 18.6. The van der Waals surface area contributed by atoms with Crippen molar-refractivity contribution >= 4 is 23.6 Å². The average molecular weight is 369 g/mol.